The summed E-state index contributed by atoms with van der Waals surface area (Å²) in [6.07, 6.45) is 0.925. The fraction of sp³-hybridized carbons (Fsp3) is 0.875. The number of likely N-dealkylation sites (tertiary alicyclic amines) is 1. The standard InChI is InChI=1S/C8H15NO3/c1-7(11)12-8-2-3-9(6-8)4-5-10/h8,10H,2-6H2,1H3. The average molecular weight is 173 g/mol. The van der Waals surface area contributed by atoms with Crippen molar-refractivity contribution in [1.82, 2.24) is 4.90 Å². The summed E-state index contributed by atoms with van der Waals surface area (Å²) in [5.74, 6) is -0.217. The van der Waals surface area contributed by atoms with Crippen molar-refractivity contribution in [2.24, 2.45) is 0 Å². The molecule has 0 amide bonds. The minimum Gasteiger partial charge on any atom is -0.461 e. The number of hydrogen-bond donors (Lipinski definition) is 1. The zero-order valence-corrected chi connectivity index (χ0v) is 7.32. The Kier molecular flexibility index (Phi) is 3.49. The van der Waals surface area contributed by atoms with Gasteiger partial charge in [0, 0.05) is 26.6 Å². The van der Waals surface area contributed by atoms with E-state index >= 15 is 0 Å². The molecule has 0 aromatic carbocycles. The molecular formula is C8H15NO3. The smallest absolute Gasteiger partial charge is 0.302 e. The number of hydrogen-bond acceptors (Lipinski definition) is 4. The van der Waals surface area contributed by atoms with Gasteiger partial charge in [-0.2, -0.15) is 0 Å². The van der Waals surface area contributed by atoms with E-state index in [2.05, 4.69) is 4.90 Å². The molecule has 1 rings (SSSR count). The van der Waals surface area contributed by atoms with Crippen molar-refractivity contribution < 1.29 is 14.6 Å². The highest BCUT2D eigenvalue weighted by Crippen LogP contribution is 2.11. The van der Waals surface area contributed by atoms with Crippen LogP contribution in [0, 0.1) is 0 Å². The van der Waals surface area contributed by atoms with E-state index in [1.807, 2.05) is 0 Å². The number of β-amino-alcohol motifs (C(OH)–C–C–N with tert-alkyl or cyclic N) is 1. The first-order valence-electron chi connectivity index (χ1n) is 4.23. The second-order valence-electron chi connectivity index (χ2n) is 3.04. The van der Waals surface area contributed by atoms with Gasteiger partial charge in [0.25, 0.3) is 0 Å². The van der Waals surface area contributed by atoms with Crippen LogP contribution in [0.25, 0.3) is 0 Å². The summed E-state index contributed by atoms with van der Waals surface area (Å²) >= 11 is 0. The molecule has 4 heteroatoms. The van der Waals surface area contributed by atoms with Crippen molar-refractivity contribution in [2.45, 2.75) is 19.4 Å². The minimum atomic E-state index is -0.217. The van der Waals surface area contributed by atoms with E-state index in [-0.39, 0.29) is 18.7 Å². The zero-order valence-electron chi connectivity index (χ0n) is 7.32. The second-order valence-corrected chi connectivity index (χ2v) is 3.04. The molecule has 1 unspecified atom stereocenters. The Labute approximate surface area is 72.1 Å². The number of aliphatic hydroxyl groups excluding tert-OH is 1. The maximum atomic E-state index is 10.6. The quantitative estimate of drug-likeness (QED) is 0.591. The van der Waals surface area contributed by atoms with Crippen LogP contribution in [0.15, 0.2) is 0 Å². The average Bonchev–Trinajstić information content (AvgIpc) is 2.36. The van der Waals surface area contributed by atoms with E-state index < -0.39 is 0 Å². The topological polar surface area (TPSA) is 49.8 Å². The fourth-order valence-corrected chi connectivity index (χ4v) is 1.47. The second kappa shape index (κ2) is 4.42. The zero-order chi connectivity index (χ0) is 8.97. The van der Waals surface area contributed by atoms with Crippen LogP contribution in [0.2, 0.25) is 0 Å². The molecule has 1 aliphatic rings. The number of nitrogens with zero attached hydrogens (tertiary/aromatic N) is 1. The van der Waals surface area contributed by atoms with Gasteiger partial charge in [0.15, 0.2) is 0 Å². The Morgan fingerprint density at radius 3 is 3.08 bits per heavy atom. The van der Waals surface area contributed by atoms with E-state index in [1.54, 1.807) is 0 Å². The first-order valence-corrected chi connectivity index (χ1v) is 4.23. The number of rotatable bonds is 3. The van der Waals surface area contributed by atoms with Crippen LogP contribution < -0.4 is 0 Å². The Hall–Kier alpha value is -0.610. The highest BCUT2D eigenvalue weighted by atomic mass is 16.5. The molecule has 1 N–H and O–H groups in total. The van der Waals surface area contributed by atoms with Gasteiger partial charge in [-0.1, -0.05) is 0 Å². The molecule has 12 heavy (non-hydrogen) atoms. The van der Waals surface area contributed by atoms with E-state index in [9.17, 15) is 4.79 Å². The molecular weight excluding hydrogens is 158 g/mol. The van der Waals surface area contributed by atoms with Crippen LogP contribution in [0.1, 0.15) is 13.3 Å². The Morgan fingerprint density at radius 2 is 2.50 bits per heavy atom. The van der Waals surface area contributed by atoms with Crippen molar-refractivity contribution in [3.8, 4) is 0 Å². The molecule has 0 bridgehead atoms. The molecule has 70 valence electrons. The molecule has 0 aromatic rings. The summed E-state index contributed by atoms with van der Waals surface area (Å²) < 4.78 is 5.03. The van der Waals surface area contributed by atoms with Crippen molar-refractivity contribution in [3.05, 3.63) is 0 Å². The molecule has 0 saturated carbocycles. The molecule has 0 aliphatic carbocycles. The third-order valence-corrected chi connectivity index (χ3v) is 1.98. The van der Waals surface area contributed by atoms with Gasteiger partial charge in [-0.05, 0) is 6.42 Å². The lowest BCUT2D eigenvalue weighted by Crippen LogP contribution is -2.26. The number of carbonyl (C=O) groups excluding carboxylic acids is 1. The first kappa shape index (κ1) is 9.48. The van der Waals surface area contributed by atoms with Gasteiger partial charge in [-0.15, -0.1) is 0 Å². The molecule has 0 radical (unpaired) electrons. The summed E-state index contributed by atoms with van der Waals surface area (Å²) in [6, 6.07) is 0. The van der Waals surface area contributed by atoms with E-state index in [4.69, 9.17) is 9.84 Å². The SMILES string of the molecule is CC(=O)OC1CCN(CCO)C1. The minimum absolute atomic E-state index is 0.0362. The van der Waals surface area contributed by atoms with E-state index in [1.165, 1.54) is 6.92 Å². The largest absolute Gasteiger partial charge is 0.461 e. The molecule has 1 fully saturated rings. The number of esters is 1. The Morgan fingerprint density at radius 1 is 1.75 bits per heavy atom. The van der Waals surface area contributed by atoms with Gasteiger partial charge < -0.3 is 9.84 Å². The maximum absolute atomic E-state index is 10.6. The van der Waals surface area contributed by atoms with Crippen molar-refractivity contribution in [2.75, 3.05) is 26.2 Å². The lowest BCUT2D eigenvalue weighted by atomic mass is 10.3. The van der Waals surface area contributed by atoms with Crippen LogP contribution in [0.3, 0.4) is 0 Å². The van der Waals surface area contributed by atoms with E-state index in [0.717, 1.165) is 19.5 Å². The Balaban J connectivity index is 2.21. The molecule has 1 saturated heterocycles. The van der Waals surface area contributed by atoms with Crippen LogP contribution in [0.5, 0.6) is 0 Å². The number of ether oxygens (including phenoxy) is 1. The first-order chi connectivity index (χ1) is 5.72. The number of carbonyl (C=O) groups is 1. The van der Waals surface area contributed by atoms with Gasteiger partial charge in [0.1, 0.15) is 6.10 Å². The lowest BCUT2D eigenvalue weighted by Gasteiger charge is -2.13. The van der Waals surface area contributed by atoms with Gasteiger partial charge in [-0.3, -0.25) is 9.69 Å². The van der Waals surface area contributed by atoms with Gasteiger partial charge in [0.05, 0.1) is 6.61 Å². The fourth-order valence-electron chi connectivity index (χ4n) is 1.47. The maximum Gasteiger partial charge on any atom is 0.302 e. The van der Waals surface area contributed by atoms with Crippen LogP contribution in [0.4, 0.5) is 0 Å². The summed E-state index contributed by atoms with van der Waals surface area (Å²) in [7, 11) is 0. The predicted octanol–water partition coefficient (Wildman–Crippen LogP) is -0.384. The molecule has 0 spiro atoms. The third kappa shape index (κ3) is 2.79. The van der Waals surface area contributed by atoms with Crippen molar-refractivity contribution >= 4 is 5.97 Å². The highest BCUT2D eigenvalue weighted by molar-refractivity contribution is 5.66. The van der Waals surface area contributed by atoms with Crippen LogP contribution in [-0.2, 0) is 9.53 Å². The molecule has 1 atom stereocenters. The monoisotopic (exact) mass is 173 g/mol. The highest BCUT2D eigenvalue weighted by Gasteiger charge is 2.23. The van der Waals surface area contributed by atoms with Gasteiger partial charge in [-0.25, -0.2) is 0 Å². The summed E-state index contributed by atoms with van der Waals surface area (Å²) in [4.78, 5) is 12.7. The molecule has 1 aliphatic heterocycles. The molecule has 0 aromatic heterocycles. The number of aliphatic hydroxyl groups is 1. The van der Waals surface area contributed by atoms with Gasteiger partial charge in [0.2, 0.25) is 0 Å². The van der Waals surface area contributed by atoms with Crippen LogP contribution >= 0.6 is 0 Å². The molecule has 4 nitrogen and oxygen atoms in total. The summed E-state index contributed by atoms with van der Waals surface area (Å²) in [6.45, 7) is 3.96. The normalized spacial score (nSPS) is 24.3. The van der Waals surface area contributed by atoms with Gasteiger partial charge >= 0.3 is 5.97 Å². The van der Waals surface area contributed by atoms with Crippen LogP contribution in [-0.4, -0.2) is 48.3 Å². The molecule has 1 heterocycles. The Bertz CT molecular complexity index is 160. The van der Waals surface area contributed by atoms with E-state index in [0.29, 0.717) is 6.54 Å². The third-order valence-electron chi connectivity index (χ3n) is 1.98. The summed E-state index contributed by atoms with van der Waals surface area (Å²) in [5, 5.41) is 8.65. The predicted molar refractivity (Wildman–Crippen MR) is 43.7 cm³/mol. The summed E-state index contributed by atoms with van der Waals surface area (Å²) in [5.41, 5.74) is 0. The van der Waals surface area contributed by atoms with Crippen molar-refractivity contribution in [1.29, 1.82) is 0 Å². The van der Waals surface area contributed by atoms with Crippen molar-refractivity contribution in [3.63, 3.8) is 0 Å². The lowest BCUT2D eigenvalue weighted by molar-refractivity contribution is -0.145.